The molecule has 0 amide bonds. The third-order valence-corrected chi connectivity index (χ3v) is 3.50. The minimum absolute atomic E-state index is 0. The lowest BCUT2D eigenvalue weighted by Gasteiger charge is -2.26. The van der Waals surface area contributed by atoms with Crippen molar-refractivity contribution in [1.29, 1.82) is 0 Å². The average Bonchev–Trinajstić information content (AvgIpc) is 2.26. The van der Waals surface area contributed by atoms with Crippen molar-refractivity contribution in [3.8, 4) is 0 Å². The predicted octanol–water partition coefficient (Wildman–Crippen LogP) is 3.73. The Morgan fingerprint density at radius 1 is 1.19 bits per heavy atom. The summed E-state index contributed by atoms with van der Waals surface area (Å²) in [5.41, 5.74) is 0.825. The van der Waals surface area contributed by atoms with Crippen molar-refractivity contribution >= 4 is 47.2 Å². The molecule has 2 nitrogen and oxygen atoms in total. The molecule has 1 N–H and O–H groups in total. The summed E-state index contributed by atoms with van der Waals surface area (Å²) in [6, 6.07) is 3.47. The third kappa shape index (κ3) is 2.95. The predicted molar refractivity (Wildman–Crippen MR) is 70.3 cm³/mol. The second kappa shape index (κ2) is 6.29. The van der Waals surface area contributed by atoms with Crippen LogP contribution < -0.4 is 5.32 Å². The fraction of sp³-hybridized carbons (Fsp3) is 0.400. The van der Waals surface area contributed by atoms with Crippen LogP contribution in [0.3, 0.4) is 0 Å². The molecule has 1 aromatic rings. The van der Waals surface area contributed by atoms with Gasteiger partial charge in [0, 0.05) is 17.1 Å². The zero-order chi connectivity index (χ0) is 10.8. The highest BCUT2D eigenvalue weighted by Crippen LogP contribution is 2.36. The Bertz CT molecular complexity index is 366. The van der Waals surface area contributed by atoms with Crippen LogP contribution >= 0.6 is 47.2 Å². The van der Waals surface area contributed by atoms with Gasteiger partial charge in [-0.15, -0.1) is 12.4 Å². The molecule has 0 unspecified atom stereocenters. The Balaban J connectivity index is 0.00000128. The summed E-state index contributed by atoms with van der Waals surface area (Å²) in [5, 5.41) is 4.93. The van der Waals surface area contributed by atoms with E-state index < -0.39 is 0 Å². The first-order chi connectivity index (χ1) is 7.20. The molecular weight excluding hydrogens is 292 g/mol. The van der Waals surface area contributed by atoms with Crippen LogP contribution in [0.5, 0.6) is 0 Å². The van der Waals surface area contributed by atoms with Gasteiger partial charge in [0.05, 0.1) is 29.3 Å². The number of morpholine rings is 1. The zero-order valence-corrected chi connectivity index (χ0v) is 11.4. The number of nitrogens with one attached hydrogen (secondary N) is 1. The lowest BCUT2D eigenvalue weighted by molar-refractivity contribution is 0.0769. The highest BCUT2D eigenvalue weighted by Gasteiger charge is 2.21. The second-order valence-corrected chi connectivity index (χ2v) is 4.53. The lowest BCUT2D eigenvalue weighted by atomic mass is 10.1. The van der Waals surface area contributed by atoms with Gasteiger partial charge in [0.2, 0.25) is 0 Å². The molecule has 0 bridgehead atoms. The van der Waals surface area contributed by atoms with Gasteiger partial charge in [-0.1, -0.05) is 34.8 Å². The van der Waals surface area contributed by atoms with Crippen molar-refractivity contribution in [3.63, 3.8) is 0 Å². The van der Waals surface area contributed by atoms with Crippen molar-refractivity contribution < 1.29 is 4.74 Å². The van der Waals surface area contributed by atoms with Crippen LogP contribution in [-0.4, -0.2) is 19.8 Å². The number of rotatable bonds is 1. The van der Waals surface area contributed by atoms with E-state index >= 15 is 0 Å². The minimum Gasteiger partial charge on any atom is -0.378 e. The number of hydrogen-bond donors (Lipinski definition) is 1. The zero-order valence-electron chi connectivity index (χ0n) is 8.30. The first kappa shape index (κ1) is 14.4. The topological polar surface area (TPSA) is 21.3 Å². The molecule has 1 fully saturated rings. The maximum absolute atomic E-state index is 6.12. The summed E-state index contributed by atoms with van der Waals surface area (Å²) >= 11 is 18.2. The monoisotopic (exact) mass is 301 g/mol. The van der Waals surface area contributed by atoms with Crippen molar-refractivity contribution in [2.75, 3.05) is 19.8 Å². The van der Waals surface area contributed by atoms with E-state index in [9.17, 15) is 0 Å². The molecule has 1 atom stereocenters. The highest BCUT2D eigenvalue weighted by atomic mass is 35.5. The van der Waals surface area contributed by atoms with E-state index in [2.05, 4.69) is 5.32 Å². The molecule has 1 aliphatic heterocycles. The van der Waals surface area contributed by atoms with E-state index in [1.54, 1.807) is 12.1 Å². The fourth-order valence-corrected chi connectivity index (χ4v) is 2.41. The third-order valence-electron chi connectivity index (χ3n) is 2.35. The first-order valence-electron chi connectivity index (χ1n) is 4.64. The van der Waals surface area contributed by atoms with Crippen LogP contribution in [0, 0.1) is 0 Å². The Morgan fingerprint density at radius 2 is 1.88 bits per heavy atom. The summed E-state index contributed by atoms with van der Waals surface area (Å²) in [6.07, 6.45) is 0. The quantitative estimate of drug-likeness (QED) is 0.798. The van der Waals surface area contributed by atoms with Gasteiger partial charge in [-0.3, -0.25) is 0 Å². The van der Waals surface area contributed by atoms with Crippen molar-refractivity contribution in [3.05, 3.63) is 32.8 Å². The van der Waals surface area contributed by atoms with Crippen LogP contribution in [0.4, 0.5) is 0 Å². The molecule has 0 aliphatic carbocycles. The summed E-state index contributed by atoms with van der Waals surface area (Å²) in [4.78, 5) is 0. The van der Waals surface area contributed by atoms with Crippen LogP contribution in [0.15, 0.2) is 12.1 Å². The molecule has 6 heteroatoms. The standard InChI is InChI=1S/C10H10Cl3NO.ClH/c11-6-1-2-7(12)10(13)9(6)8-5-15-4-3-14-8;/h1-2,8,14H,3-5H2;1H/t8-;/m0./s1. The Labute approximate surface area is 116 Å². The van der Waals surface area contributed by atoms with Gasteiger partial charge in [-0.25, -0.2) is 0 Å². The molecule has 90 valence electrons. The summed E-state index contributed by atoms with van der Waals surface area (Å²) in [5.74, 6) is 0. The lowest BCUT2D eigenvalue weighted by Crippen LogP contribution is -2.34. The van der Waals surface area contributed by atoms with E-state index in [1.807, 2.05) is 0 Å². The SMILES string of the molecule is Cl.Clc1ccc(Cl)c([C@@H]2COCCN2)c1Cl. The normalized spacial score (nSPS) is 20.3. The second-order valence-electron chi connectivity index (χ2n) is 3.34. The van der Waals surface area contributed by atoms with Gasteiger partial charge >= 0.3 is 0 Å². The summed E-state index contributed by atoms with van der Waals surface area (Å²) in [6.45, 7) is 2.08. The van der Waals surface area contributed by atoms with E-state index in [-0.39, 0.29) is 18.4 Å². The van der Waals surface area contributed by atoms with E-state index in [0.717, 1.165) is 12.1 Å². The van der Waals surface area contributed by atoms with Crippen LogP contribution in [0.2, 0.25) is 15.1 Å². The van der Waals surface area contributed by atoms with E-state index in [4.69, 9.17) is 39.5 Å². The number of hydrogen-bond acceptors (Lipinski definition) is 2. The minimum atomic E-state index is 0. The summed E-state index contributed by atoms with van der Waals surface area (Å²) < 4.78 is 5.36. The van der Waals surface area contributed by atoms with Gasteiger partial charge in [-0.2, -0.15) is 0 Å². The molecule has 0 saturated carbocycles. The Hall–Kier alpha value is 0.300. The maximum atomic E-state index is 6.12. The molecule has 1 aliphatic rings. The first-order valence-corrected chi connectivity index (χ1v) is 5.78. The van der Waals surface area contributed by atoms with Gasteiger partial charge in [0.1, 0.15) is 0 Å². The highest BCUT2D eigenvalue weighted by molar-refractivity contribution is 6.44. The molecule has 0 spiro atoms. The van der Waals surface area contributed by atoms with Crippen molar-refractivity contribution in [2.24, 2.45) is 0 Å². The Kier molecular flexibility index (Phi) is 5.65. The molecule has 1 heterocycles. The summed E-state index contributed by atoms with van der Waals surface area (Å²) in [7, 11) is 0. The fourth-order valence-electron chi connectivity index (χ4n) is 1.61. The molecular formula is C10H11Cl4NO. The number of halogens is 4. The molecule has 0 aromatic heterocycles. The van der Waals surface area contributed by atoms with Gasteiger partial charge in [-0.05, 0) is 12.1 Å². The van der Waals surface area contributed by atoms with Crippen molar-refractivity contribution in [2.45, 2.75) is 6.04 Å². The molecule has 0 radical (unpaired) electrons. The van der Waals surface area contributed by atoms with Gasteiger partial charge in [0.25, 0.3) is 0 Å². The Morgan fingerprint density at radius 3 is 2.50 bits per heavy atom. The van der Waals surface area contributed by atoms with Crippen LogP contribution in [0.1, 0.15) is 11.6 Å². The van der Waals surface area contributed by atoms with Gasteiger partial charge in [0.15, 0.2) is 0 Å². The maximum Gasteiger partial charge on any atom is 0.0663 e. The van der Waals surface area contributed by atoms with Crippen molar-refractivity contribution in [1.82, 2.24) is 5.32 Å². The smallest absolute Gasteiger partial charge is 0.0663 e. The largest absolute Gasteiger partial charge is 0.378 e. The molecule has 1 saturated heterocycles. The molecule has 2 rings (SSSR count). The van der Waals surface area contributed by atoms with E-state index in [0.29, 0.717) is 28.3 Å². The average molecular weight is 303 g/mol. The molecule has 16 heavy (non-hydrogen) atoms. The number of ether oxygens (including phenoxy) is 1. The van der Waals surface area contributed by atoms with Gasteiger partial charge < -0.3 is 10.1 Å². The van der Waals surface area contributed by atoms with Crippen LogP contribution in [-0.2, 0) is 4.74 Å². The number of benzene rings is 1. The van der Waals surface area contributed by atoms with Crippen LogP contribution in [0.25, 0.3) is 0 Å². The molecule has 1 aromatic carbocycles. The van der Waals surface area contributed by atoms with E-state index in [1.165, 1.54) is 0 Å².